The molecule has 44 heavy (non-hydrogen) atoms. The molecule has 4 aromatic carbocycles. The first kappa shape index (κ1) is 32.2. The third-order valence-corrected chi connectivity index (χ3v) is 8.94. The van der Waals surface area contributed by atoms with Gasteiger partial charge in [-0.3, -0.25) is 13.9 Å². The van der Waals surface area contributed by atoms with E-state index in [1.807, 2.05) is 32.0 Å². The van der Waals surface area contributed by atoms with E-state index in [9.17, 15) is 22.4 Å². The maximum absolute atomic E-state index is 14.0. The highest BCUT2D eigenvalue weighted by Gasteiger charge is 2.32. The van der Waals surface area contributed by atoms with E-state index in [0.717, 1.165) is 4.31 Å². The van der Waals surface area contributed by atoms with Gasteiger partial charge < -0.3 is 15.0 Å². The molecule has 4 aromatic rings. The second-order valence-electron chi connectivity index (χ2n) is 10.4. The van der Waals surface area contributed by atoms with Crippen molar-refractivity contribution in [3.8, 4) is 11.5 Å². The number of hydrogen-bond donors (Lipinski definition) is 1. The Morgan fingerprint density at radius 2 is 1.39 bits per heavy atom. The molecule has 0 radical (unpaired) electrons. The van der Waals surface area contributed by atoms with Crippen molar-refractivity contribution in [2.75, 3.05) is 10.8 Å². The van der Waals surface area contributed by atoms with E-state index in [4.69, 9.17) is 4.74 Å². The fourth-order valence-electron chi connectivity index (χ4n) is 4.39. The van der Waals surface area contributed by atoms with Crippen LogP contribution in [-0.4, -0.2) is 43.8 Å². The third kappa shape index (κ3) is 8.23. The van der Waals surface area contributed by atoms with Gasteiger partial charge in [0.05, 0.1) is 10.6 Å². The van der Waals surface area contributed by atoms with Gasteiger partial charge in [-0.25, -0.2) is 12.8 Å². The maximum atomic E-state index is 14.0. The Morgan fingerprint density at radius 3 is 1.98 bits per heavy atom. The molecule has 2 atom stereocenters. The summed E-state index contributed by atoms with van der Waals surface area (Å²) in [5, 5.41) is 2.89. The fraction of sp³-hybridized carbons (Fsp3) is 0.235. The molecule has 0 unspecified atom stereocenters. The van der Waals surface area contributed by atoms with Crippen LogP contribution in [0.3, 0.4) is 0 Å². The molecule has 10 heteroatoms. The summed E-state index contributed by atoms with van der Waals surface area (Å²) in [7, 11) is -4.21. The quantitative estimate of drug-likeness (QED) is 0.194. The molecule has 1 N–H and O–H groups in total. The summed E-state index contributed by atoms with van der Waals surface area (Å²) in [4.78, 5) is 28.5. The normalized spacial score (nSPS) is 12.5. The average molecular weight is 618 g/mol. The van der Waals surface area contributed by atoms with Crippen molar-refractivity contribution in [1.82, 2.24) is 10.2 Å². The molecule has 0 saturated carbocycles. The fourth-order valence-corrected chi connectivity index (χ4v) is 5.82. The van der Waals surface area contributed by atoms with Crippen LogP contribution in [0, 0.1) is 5.82 Å². The summed E-state index contributed by atoms with van der Waals surface area (Å²) >= 11 is 0. The van der Waals surface area contributed by atoms with Gasteiger partial charge in [0.25, 0.3) is 10.0 Å². The number of amides is 2. The molecule has 230 valence electrons. The lowest BCUT2D eigenvalue weighted by molar-refractivity contribution is -0.139. The van der Waals surface area contributed by atoms with Crippen molar-refractivity contribution >= 4 is 27.5 Å². The van der Waals surface area contributed by atoms with E-state index in [2.05, 4.69) is 5.32 Å². The summed E-state index contributed by atoms with van der Waals surface area (Å²) < 4.78 is 48.4. The summed E-state index contributed by atoms with van der Waals surface area (Å²) in [6.45, 7) is 4.76. The second kappa shape index (κ2) is 14.7. The van der Waals surface area contributed by atoms with Crippen molar-refractivity contribution in [1.29, 1.82) is 0 Å². The monoisotopic (exact) mass is 617 g/mol. The van der Waals surface area contributed by atoms with Crippen LogP contribution >= 0.6 is 0 Å². The minimum atomic E-state index is -4.21. The lowest BCUT2D eigenvalue weighted by Crippen LogP contribution is -2.52. The zero-order valence-electron chi connectivity index (χ0n) is 24.9. The van der Waals surface area contributed by atoms with E-state index in [-0.39, 0.29) is 29.1 Å². The van der Waals surface area contributed by atoms with E-state index in [1.54, 1.807) is 61.5 Å². The van der Waals surface area contributed by atoms with Crippen LogP contribution in [0.2, 0.25) is 0 Å². The molecule has 0 heterocycles. The SMILES string of the molecule is CC[C@H](C)NC(=O)[C@@H](C)N(Cc1ccc(F)cc1)C(=O)CN(c1ccc(Oc2ccccc2)cc1)S(=O)(=O)c1ccccc1. The first-order valence-electron chi connectivity index (χ1n) is 14.3. The molecular formula is C34H36FN3O5S. The minimum absolute atomic E-state index is 0.00468. The van der Waals surface area contributed by atoms with Gasteiger partial charge in [0, 0.05) is 12.6 Å². The minimum Gasteiger partial charge on any atom is -0.457 e. The van der Waals surface area contributed by atoms with E-state index in [1.165, 1.54) is 41.3 Å². The van der Waals surface area contributed by atoms with Gasteiger partial charge in [0.1, 0.15) is 29.9 Å². The largest absolute Gasteiger partial charge is 0.457 e. The van der Waals surface area contributed by atoms with Gasteiger partial charge in [-0.05, 0) is 86.5 Å². The lowest BCUT2D eigenvalue weighted by Gasteiger charge is -2.32. The number of hydrogen-bond acceptors (Lipinski definition) is 5. The van der Waals surface area contributed by atoms with Crippen LogP contribution in [0.4, 0.5) is 10.1 Å². The first-order valence-corrected chi connectivity index (χ1v) is 15.8. The van der Waals surface area contributed by atoms with Crippen molar-refractivity contribution < 1.29 is 27.1 Å². The summed E-state index contributed by atoms with van der Waals surface area (Å²) in [6, 6.07) is 27.9. The van der Waals surface area contributed by atoms with Crippen molar-refractivity contribution in [3.05, 3.63) is 121 Å². The molecular weight excluding hydrogens is 581 g/mol. The maximum Gasteiger partial charge on any atom is 0.264 e. The predicted molar refractivity (Wildman–Crippen MR) is 168 cm³/mol. The number of nitrogens with one attached hydrogen (secondary N) is 1. The van der Waals surface area contributed by atoms with Crippen molar-refractivity contribution in [2.24, 2.45) is 0 Å². The molecule has 0 aliphatic heterocycles. The smallest absolute Gasteiger partial charge is 0.264 e. The highest BCUT2D eigenvalue weighted by molar-refractivity contribution is 7.92. The van der Waals surface area contributed by atoms with Crippen LogP contribution in [0.1, 0.15) is 32.8 Å². The van der Waals surface area contributed by atoms with Gasteiger partial charge in [0.15, 0.2) is 0 Å². The number of sulfonamides is 1. The Hall–Kier alpha value is -4.70. The summed E-state index contributed by atoms with van der Waals surface area (Å²) in [5.74, 6) is -0.323. The number of carbonyl (C=O) groups is 2. The Balaban J connectivity index is 1.68. The number of nitrogens with zero attached hydrogens (tertiary/aromatic N) is 2. The molecule has 0 spiro atoms. The van der Waals surface area contributed by atoms with Crippen LogP contribution < -0.4 is 14.4 Å². The standard InChI is InChI=1S/C34H36FN3O5S/c1-4-25(2)36-34(40)26(3)37(23-27-15-17-28(35)18-16-27)33(39)24-38(44(41,42)32-13-9-6-10-14-32)29-19-21-31(22-20-29)43-30-11-7-5-8-12-30/h5-22,25-26H,4,23-24H2,1-3H3,(H,36,40)/t25-,26+/m0/s1. The van der Waals surface area contributed by atoms with Crippen LogP contribution in [0.25, 0.3) is 0 Å². The molecule has 2 amide bonds. The zero-order chi connectivity index (χ0) is 31.7. The topological polar surface area (TPSA) is 96.0 Å². The van der Waals surface area contributed by atoms with Gasteiger partial charge >= 0.3 is 0 Å². The number of halogens is 1. The van der Waals surface area contributed by atoms with Crippen LogP contribution in [0.5, 0.6) is 11.5 Å². The van der Waals surface area contributed by atoms with Crippen LogP contribution in [0.15, 0.2) is 114 Å². The van der Waals surface area contributed by atoms with Gasteiger partial charge in [0.2, 0.25) is 11.8 Å². The highest BCUT2D eigenvalue weighted by Crippen LogP contribution is 2.28. The average Bonchev–Trinajstić information content (AvgIpc) is 3.04. The van der Waals surface area contributed by atoms with E-state index >= 15 is 0 Å². The molecule has 0 bridgehead atoms. The first-order chi connectivity index (χ1) is 21.1. The van der Waals surface area contributed by atoms with Crippen molar-refractivity contribution in [3.63, 3.8) is 0 Å². The second-order valence-corrected chi connectivity index (χ2v) is 12.2. The van der Waals surface area contributed by atoms with Gasteiger partial charge in [-0.1, -0.05) is 55.5 Å². The summed E-state index contributed by atoms with van der Waals surface area (Å²) in [5.41, 5.74) is 0.823. The Kier molecular flexibility index (Phi) is 10.7. The summed E-state index contributed by atoms with van der Waals surface area (Å²) in [6.07, 6.45) is 0.692. The van der Waals surface area contributed by atoms with E-state index < -0.39 is 34.3 Å². The van der Waals surface area contributed by atoms with E-state index in [0.29, 0.717) is 23.5 Å². The van der Waals surface area contributed by atoms with Gasteiger partial charge in [-0.2, -0.15) is 0 Å². The molecule has 0 aromatic heterocycles. The Morgan fingerprint density at radius 1 is 0.818 bits per heavy atom. The van der Waals surface area contributed by atoms with Crippen molar-refractivity contribution in [2.45, 2.75) is 50.7 Å². The molecule has 4 rings (SSSR count). The highest BCUT2D eigenvalue weighted by atomic mass is 32.2. The number of benzene rings is 4. The van der Waals surface area contributed by atoms with Gasteiger partial charge in [-0.15, -0.1) is 0 Å². The Bertz CT molecular complexity index is 1630. The lowest BCUT2D eigenvalue weighted by atomic mass is 10.1. The molecule has 0 fully saturated rings. The molecule has 0 aliphatic rings. The molecule has 0 aliphatic carbocycles. The number of anilines is 1. The number of para-hydroxylation sites is 1. The molecule has 8 nitrogen and oxygen atoms in total. The number of ether oxygens (including phenoxy) is 1. The zero-order valence-corrected chi connectivity index (χ0v) is 25.7. The third-order valence-electron chi connectivity index (χ3n) is 7.15. The number of rotatable bonds is 13. The van der Waals surface area contributed by atoms with Crippen LogP contribution in [-0.2, 0) is 26.2 Å². The molecule has 0 saturated heterocycles. The predicted octanol–water partition coefficient (Wildman–Crippen LogP) is 6.15. The Labute approximate surface area is 258 Å². The number of carbonyl (C=O) groups excluding carboxylic acids is 2.